The molecular weight excluding hydrogens is 357 g/mol. The zero-order valence-corrected chi connectivity index (χ0v) is 16.0. The molecule has 1 fully saturated rings. The van der Waals surface area contributed by atoms with E-state index in [0.29, 0.717) is 12.1 Å². The van der Waals surface area contributed by atoms with Crippen LogP contribution in [0.4, 0.5) is 18.9 Å². The molecule has 0 heterocycles. The van der Waals surface area contributed by atoms with Crippen molar-refractivity contribution in [2.45, 2.75) is 70.9 Å². The van der Waals surface area contributed by atoms with Gasteiger partial charge >= 0.3 is 0 Å². The number of rotatable bonds is 6. The number of alkyl halides is 2. The highest BCUT2D eigenvalue weighted by Gasteiger charge is 2.36. The number of nitrogens with one attached hydrogen (secondary N) is 1. The van der Waals surface area contributed by atoms with E-state index in [0.717, 1.165) is 0 Å². The van der Waals surface area contributed by atoms with E-state index in [9.17, 15) is 22.8 Å². The highest BCUT2D eigenvalue weighted by atomic mass is 19.3. The first-order valence-corrected chi connectivity index (χ1v) is 9.32. The van der Waals surface area contributed by atoms with E-state index in [1.807, 2.05) is 0 Å². The van der Waals surface area contributed by atoms with Crippen molar-refractivity contribution in [1.82, 2.24) is 5.32 Å². The number of hydrogen-bond donors (Lipinski definition) is 1. The van der Waals surface area contributed by atoms with Gasteiger partial charge in [-0.05, 0) is 44.4 Å². The van der Waals surface area contributed by atoms with Gasteiger partial charge in [-0.25, -0.2) is 13.2 Å². The molecule has 1 aromatic rings. The van der Waals surface area contributed by atoms with Crippen LogP contribution in [-0.2, 0) is 9.59 Å². The normalized spacial score (nSPS) is 19.2. The Morgan fingerprint density at radius 2 is 1.89 bits per heavy atom. The maximum Gasteiger partial charge on any atom is 0.248 e. The van der Waals surface area contributed by atoms with Gasteiger partial charge in [0.2, 0.25) is 17.7 Å². The van der Waals surface area contributed by atoms with Gasteiger partial charge in [0.15, 0.2) is 0 Å². The van der Waals surface area contributed by atoms with Crippen LogP contribution in [0, 0.1) is 11.7 Å². The molecule has 1 saturated carbocycles. The Balaban J connectivity index is 1.95. The Morgan fingerprint density at radius 1 is 1.26 bits per heavy atom. The second-order valence-electron chi connectivity index (χ2n) is 7.49. The standard InChI is InChI=1S/C20H27F3N2O2/c1-13(19(27)24-17-7-9-20(22,23)10-8-17)11-14(2)25(15(3)26)18-6-4-5-16(21)12-18/h4-6,12-14,17H,7-11H2,1-3H3,(H,24,27). The number of carbonyl (C=O) groups excluding carboxylic acids is 2. The molecule has 0 aromatic heterocycles. The number of halogens is 3. The van der Waals surface area contributed by atoms with Crippen LogP contribution in [0.1, 0.15) is 52.9 Å². The van der Waals surface area contributed by atoms with Gasteiger partial charge in [-0.2, -0.15) is 0 Å². The number of carbonyl (C=O) groups is 2. The minimum atomic E-state index is -2.63. The van der Waals surface area contributed by atoms with Gasteiger partial charge in [0, 0.05) is 43.5 Å². The zero-order chi connectivity index (χ0) is 20.2. The minimum absolute atomic E-state index is 0.208. The van der Waals surface area contributed by atoms with Crippen LogP contribution in [0.5, 0.6) is 0 Å². The van der Waals surface area contributed by atoms with E-state index < -0.39 is 17.7 Å². The quantitative estimate of drug-likeness (QED) is 0.796. The van der Waals surface area contributed by atoms with Crippen molar-refractivity contribution in [3.05, 3.63) is 30.1 Å². The van der Waals surface area contributed by atoms with E-state index in [-0.39, 0.29) is 49.6 Å². The second-order valence-corrected chi connectivity index (χ2v) is 7.49. The molecule has 150 valence electrons. The van der Waals surface area contributed by atoms with Gasteiger partial charge in [0.25, 0.3) is 0 Å². The molecule has 1 aromatic carbocycles. The summed E-state index contributed by atoms with van der Waals surface area (Å²) >= 11 is 0. The van der Waals surface area contributed by atoms with Gasteiger partial charge in [-0.15, -0.1) is 0 Å². The second kappa shape index (κ2) is 8.76. The Bertz CT molecular complexity index is 671. The summed E-state index contributed by atoms with van der Waals surface area (Å²) in [6.45, 7) is 4.94. The average Bonchev–Trinajstić information content (AvgIpc) is 2.56. The minimum Gasteiger partial charge on any atom is -0.353 e. The third-order valence-electron chi connectivity index (χ3n) is 5.07. The van der Waals surface area contributed by atoms with Gasteiger partial charge in [-0.1, -0.05) is 13.0 Å². The van der Waals surface area contributed by atoms with E-state index in [1.165, 1.54) is 30.0 Å². The molecule has 2 amide bonds. The van der Waals surface area contributed by atoms with Crippen molar-refractivity contribution in [3.63, 3.8) is 0 Å². The molecular formula is C20H27F3N2O2. The molecule has 1 aliphatic carbocycles. The molecule has 4 nitrogen and oxygen atoms in total. The lowest BCUT2D eigenvalue weighted by molar-refractivity contribution is -0.127. The van der Waals surface area contributed by atoms with Crippen LogP contribution in [-0.4, -0.2) is 29.8 Å². The first kappa shape index (κ1) is 21.3. The highest BCUT2D eigenvalue weighted by Crippen LogP contribution is 2.33. The van der Waals surface area contributed by atoms with Crippen LogP contribution in [0.2, 0.25) is 0 Å². The van der Waals surface area contributed by atoms with Crippen LogP contribution in [0.25, 0.3) is 0 Å². The molecule has 7 heteroatoms. The number of benzene rings is 1. The highest BCUT2D eigenvalue weighted by molar-refractivity contribution is 5.92. The average molecular weight is 384 g/mol. The summed E-state index contributed by atoms with van der Waals surface area (Å²) in [7, 11) is 0. The van der Waals surface area contributed by atoms with E-state index in [2.05, 4.69) is 5.32 Å². The largest absolute Gasteiger partial charge is 0.353 e. The molecule has 2 unspecified atom stereocenters. The lowest BCUT2D eigenvalue weighted by Gasteiger charge is -2.32. The summed E-state index contributed by atoms with van der Waals surface area (Å²) in [5.74, 6) is -3.92. The third-order valence-corrected chi connectivity index (χ3v) is 5.07. The molecule has 0 radical (unpaired) electrons. The van der Waals surface area contributed by atoms with Crippen molar-refractivity contribution < 1.29 is 22.8 Å². The first-order chi connectivity index (χ1) is 12.6. The van der Waals surface area contributed by atoms with Gasteiger partial charge in [0.1, 0.15) is 5.82 Å². The smallest absolute Gasteiger partial charge is 0.248 e. The Hall–Kier alpha value is -2.05. The van der Waals surface area contributed by atoms with Crippen molar-refractivity contribution in [3.8, 4) is 0 Å². The molecule has 0 spiro atoms. The van der Waals surface area contributed by atoms with Gasteiger partial charge in [0.05, 0.1) is 0 Å². The maximum absolute atomic E-state index is 13.5. The van der Waals surface area contributed by atoms with Crippen LogP contribution in [0.3, 0.4) is 0 Å². The zero-order valence-electron chi connectivity index (χ0n) is 16.0. The Morgan fingerprint density at radius 3 is 2.44 bits per heavy atom. The summed E-state index contributed by atoms with van der Waals surface area (Å²) in [5, 5.41) is 2.84. The third kappa shape index (κ3) is 5.97. The predicted octanol–water partition coefficient (Wildman–Crippen LogP) is 4.29. The van der Waals surface area contributed by atoms with Gasteiger partial charge in [-0.3, -0.25) is 9.59 Å². The maximum atomic E-state index is 13.5. The van der Waals surface area contributed by atoms with Crippen molar-refractivity contribution >= 4 is 17.5 Å². The molecule has 27 heavy (non-hydrogen) atoms. The SMILES string of the molecule is CC(=O)N(c1cccc(F)c1)C(C)CC(C)C(=O)NC1CCC(F)(F)CC1. The fourth-order valence-corrected chi connectivity index (χ4v) is 3.62. The molecule has 2 rings (SSSR count). The molecule has 2 atom stereocenters. The molecule has 1 aliphatic rings. The van der Waals surface area contributed by atoms with Crippen molar-refractivity contribution in [2.75, 3.05) is 4.90 Å². The summed E-state index contributed by atoms with van der Waals surface area (Å²) in [4.78, 5) is 26.0. The molecule has 1 N–H and O–H groups in total. The number of amides is 2. The van der Waals surface area contributed by atoms with E-state index >= 15 is 0 Å². The molecule has 0 aliphatic heterocycles. The van der Waals surface area contributed by atoms with E-state index in [4.69, 9.17) is 0 Å². The lowest BCUT2D eigenvalue weighted by atomic mass is 9.91. The Kier molecular flexibility index (Phi) is 6.89. The summed E-state index contributed by atoms with van der Waals surface area (Å²) < 4.78 is 40.0. The van der Waals surface area contributed by atoms with Crippen LogP contribution < -0.4 is 10.2 Å². The van der Waals surface area contributed by atoms with Crippen molar-refractivity contribution in [1.29, 1.82) is 0 Å². The lowest BCUT2D eigenvalue weighted by Crippen LogP contribution is -2.44. The number of anilines is 1. The first-order valence-electron chi connectivity index (χ1n) is 9.32. The number of hydrogen-bond acceptors (Lipinski definition) is 2. The van der Waals surface area contributed by atoms with Crippen molar-refractivity contribution in [2.24, 2.45) is 5.92 Å². The van der Waals surface area contributed by atoms with Crippen LogP contribution >= 0.6 is 0 Å². The number of nitrogens with zero attached hydrogens (tertiary/aromatic N) is 1. The molecule has 0 bridgehead atoms. The van der Waals surface area contributed by atoms with Gasteiger partial charge < -0.3 is 10.2 Å². The monoisotopic (exact) mass is 384 g/mol. The topological polar surface area (TPSA) is 49.4 Å². The fraction of sp³-hybridized carbons (Fsp3) is 0.600. The predicted molar refractivity (Wildman–Crippen MR) is 98.1 cm³/mol. The van der Waals surface area contributed by atoms with Crippen LogP contribution in [0.15, 0.2) is 24.3 Å². The molecule has 0 saturated heterocycles. The fourth-order valence-electron chi connectivity index (χ4n) is 3.62. The summed E-state index contributed by atoms with van der Waals surface area (Å²) in [6.07, 6.45) is 0.499. The Labute approximate surface area is 158 Å². The summed E-state index contributed by atoms with van der Waals surface area (Å²) in [6, 6.07) is 5.21. The summed E-state index contributed by atoms with van der Waals surface area (Å²) in [5.41, 5.74) is 0.442. The van der Waals surface area contributed by atoms with E-state index in [1.54, 1.807) is 19.9 Å².